The first-order chi connectivity index (χ1) is 8.43. The van der Waals surface area contributed by atoms with E-state index in [-0.39, 0.29) is 12.3 Å². The van der Waals surface area contributed by atoms with Crippen molar-refractivity contribution < 1.29 is 14.7 Å². The Kier molecular flexibility index (Phi) is 5.61. The second-order valence-corrected chi connectivity index (χ2v) is 6.14. The van der Waals surface area contributed by atoms with Crippen molar-refractivity contribution in [1.29, 1.82) is 0 Å². The number of thiazole rings is 1. The van der Waals surface area contributed by atoms with Crippen LogP contribution >= 0.6 is 23.1 Å². The lowest BCUT2D eigenvalue weighted by molar-refractivity contribution is -0.141. The fourth-order valence-electron chi connectivity index (χ4n) is 1.47. The Hall–Kier alpha value is -1.08. The summed E-state index contributed by atoms with van der Waals surface area (Å²) in [6, 6.07) is -0.840. The molecule has 0 fully saturated rings. The van der Waals surface area contributed by atoms with Crippen LogP contribution in [0.25, 0.3) is 0 Å². The van der Waals surface area contributed by atoms with Crippen molar-refractivity contribution in [3.05, 3.63) is 15.6 Å². The van der Waals surface area contributed by atoms with Crippen molar-refractivity contribution in [2.45, 2.75) is 26.3 Å². The molecule has 1 aromatic heterocycles. The summed E-state index contributed by atoms with van der Waals surface area (Å²) in [7, 11) is 0. The van der Waals surface area contributed by atoms with E-state index >= 15 is 0 Å². The van der Waals surface area contributed by atoms with E-state index < -0.39 is 12.0 Å². The SMILES string of the molecule is CSC[C@H](NC(=O)Cc1nc(C)sc1C)C(=O)O. The molecule has 100 valence electrons. The number of hydrogen-bond acceptors (Lipinski definition) is 5. The molecule has 1 aromatic rings. The van der Waals surface area contributed by atoms with Gasteiger partial charge in [0, 0.05) is 10.6 Å². The minimum Gasteiger partial charge on any atom is -0.480 e. The van der Waals surface area contributed by atoms with E-state index in [1.54, 1.807) is 6.26 Å². The highest BCUT2D eigenvalue weighted by molar-refractivity contribution is 7.98. The molecule has 1 atom stereocenters. The van der Waals surface area contributed by atoms with Crippen molar-refractivity contribution >= 4 is 35.0 Å². The lowest BCUT2D eigenvalue weighted by Crippen LogP contribution is -2.43. The fourth-order valence-corrected chi connectivity index (χ4v) is 2.87. The van der Waals surface area contributed by atoms with Crippen LogP contribution in [0.15, 0.2) is 0 Å². The Labute approximate surface area is 114 Å². The molecule has 0 saturated heterocycles. The third-order valence-electron chi connectivity index (χ3n) is 2.29. The summed E-state index contributed by atoms with van der Waals surface area (Å²) in [5.41, 5.74) is 0.725. The number of rotatable bonds is 6. The number of carbonyl (C=O) groups is 2. The van der Waals surface area contributed by atoms with Crippen LogP contribution in [0, 0.1) is 13.8 Å². The number of amides is 1. The number of thioether (sulfide) groups is 1. The van der Waals surface area contributed by atoms with Crippen LogP contribution in [0.1, 0.15) is 15.6 Å². The topological polar surface area (TPSA) is 79.3 Å². The Morgan fingerprint density at radius 1 is 1.50 bits per heavy atom. The molecular formula is C11H16N2O3S2. The molecule has 1 rings (SSSR count). The first kappa shape index (κ1) is 15.0. The van der Waals surface area contributed by atoms with Crippen LogP contribution in [0.4, 0.5) is 0 Å². The maximum atomic E-state index is 11.7. The van der Waals surface area contributed by atoms with Gasteiger partial charge in [-0.3, -0.25) is 4.79 Å². The third-order valence-corrected chi connectivity index (χ3v) is 3.89. The number of aromatic nitrogens is 1. The number of nitrogens with one attached hydrogen (secondary N) is 1. The Balaban J connectivity index is 2.60. The second-order valence-electron chi connectivity index (χ2n) is 3.83. The molecule has 5 nitrogen and oxygen atoms in total. The van der Waals surface area contributed by atoms with Crippen molar-refractivity contribution in [2.75, 3.05) is 12.0 Å². The minimum absolute atomic E-state index is 0.133. The van der Waals surface area contributed by atoms with Gasteiger partial charge in [-0.2, -0.15) is 11.8 Å². The molecule has 1 heterocycles. The number of aliphatic carboxylic acids is 1. The molecule has 18 heavy (non-hydrogen) atoms. The standard InChI is InChI=1S/C11H16N2O3S2/c1-6-8(12-7(2)18-6)4-10(14)13-9(5-17-3)11(15)16/h9H,4-5H2,1-3H3,(H,13,14)(H,15,16)/t9-/m0/s1. The molecule has 0 saturated carbocycles. The Morgan fingerprint density at radius 2 is 2.17 bits per heavy atom. The number of carbonyl (C=O) groups excluding carboxylic acids is 1. The Bertz CT molecular complexity index is 445. The lowest BCUT2D eigenvalue weighted by Gasteiger charge is -2.12. The van der Waals surface area contributed by atoms with Crippen LogP contribution < -0.4 is 5.32 Å². The zero-order chi connectivity index (χ0) is 13.7. The van der Waals surface area contributed by atoms with Crippen molar-refractivity contribution in [2.24, 2.45) is 0 Å². The van der Waals surface area contributed by atoms with Crippen LogP contribution in [0.5, 0.6) is 0 Å². The fraction of sp³-hybridized carbons (Fsp3) is 0.545. The van der Waals surface area contributed by atoms with Crippen LogP contribution in [-0.4, -0.2) is 40.0 Å². The molecule has 1 amide bonds. The lowest BCUT2D eigenvalue weighted by atomic mass is 10.2. The van der Waals surface area contributed by atoms with Crippen molar-refractivity contribution in [3.63, 3.8) is 0 Å². The molecule has 0 radical (unpaired) electrons. The van der Waals surface area contributed by atoms with Crippen molar-refractivity contribution in [3.8, 4) is 0 Å². The first-order valence-electron chi connectivity index (χ1n) is 5.38. The zero-order valence-corrected chi connectivity index (χ0v) is 12.2. The summed E-state index contributed by atoms with van der Waals surface area (Å²) >= 11 is 2.92. The highest BCUT2D eigenvalue weighted by atomic mass is 32.2. The predicted molar refractivity (Wildman–Crippen MR) is 73.2 cm³/mol. The Morgan fingerprint density at radius 3 is 2.61 bits per heavy atom. The molecule has 0 aromatic carbocycles. The summed E-state index contributed by atoms with van der Waals surface area (Å²) in [6.07, 6.45) is 1.93. The number of aryl methyl sites for hydroxylation is 2. The van der Waals surface area contributed by atoms with Gasteiger partial charge in [-0.15, -0.1) is 11.3 Å². The average Bonchev–Trinajstić information content (AvgIpc) is 2.56. The van der Waals surface area contributed by atoms with Gasteiger partial charge in [0.15, 0.2) is 0 Å². The molecule has 0 unspecified atom stereocenters. The summed E-state index contributed by atoms with van der Waals surface area (Å²) < 4.78 is 0. The van der Waals surface area contributed by atoms with Gasteiger partial charge in [-0.25, -0.2) is 9.78 Å². The van der Waals surface area contributed by atoms with Crippen molar-refractivity contribution in [1.82, 2.24) is 10.3 Å². The van der Waals surface area contributed by atoms with E-state index in [1.165, 1.54) is 23.1 Å². The maximum absolute atomic E-state index is 11.7. The largest absolute Gasteiger partial charge is 0.480 e. The van der Waals surface area contributed by atoms with Gasteiger partial charge in [0.1, 0.15) is 6.04 Å². The monoisotopic (exact) mass is 288 g/mol. The summed E-state index contributed by atoms with van der Waals surface area (Å²) in [4.78, 5) is 27.9. The predicted octanol–water partition coefficient (Wildman–Crippen LogP) is 1.23. The molecule has 0 bridgehead atoms. The van der Waals surface area contributed by atoms with E-state index in [0.717, 1.165) is 15.6 Å². The van der Waals surface area contributed by atoms with E-state index in [4.69, 9.17) is 5.11 Å². The quantitative estimate of drug-likeness (QED) is 0.823. The second kappa shape index (κ2) is 6.75. The van der Waals surface area contributed by atoms with E-state index in [1.807, 2.05) is 13.8 Å². The maximum Gasteiger partial charge on any atom is 0.327 e. The first-order valence-corrected chi connectivity index (χ1v) is 7.59. The highest BCUT2D eigenvalue weighted by Gasteiger charge is 2.20. The van der Waals surface area contributed by atoms with E-state index in [9.17, 15) is 9.59 Å². The van der Waals surface area contributed by atoms with Gasteiger partial charge in [0.05, 0.1) is 17.1 Å². The molecule has 0 spiro atoms. The van der Waals surface area contributed by atoms with Gasteiger partial charge in [0.2, 0.25) is 5.91 Å². The smallest absolute Gasteiger partial charge is 0.327 e. The third kappa shape index (κ3) is 4.30. The number of carboxylic acid groups (broad SMARTS) is 1. The number of nitrogens with zero attached hydrogens (tertiary/aromatic N) is 1. The molecular weight excluding hydrogens is 272 g/mol. The number of carboxylic acids is 1. The summed E-state index contributed by atoms with van der Waals surface area (Å²) in [5.74, 6) is -0.954. The summed E-state index contributed by atoms with van der Waals surface area (Å²) in [5, 5.41) is 12.4. The molecule has 2 N–H and O–H groups in total. The zero-order valence-electron chi connectivity index (χ0n) is 10.5. The average molecular weight is 288 g/mol. The highest BCUT2D eigenvalue weighted by Crippen LogP contribution is 2.16. The van der Waals surface area contributed by atoms with Gasteiger partial charge < -0.3 is 10.4 Å². The molecule has 0 aliphatic heterocycles. The van der Waals surface area contributed by atoms with Crippen LogP contribution in [0.3, 0.4) is 0 Å². The van der Waals surface area contributed by atoms with Crippen LogP contribution in [-0.2, 0) is 16.0 Å². The summed E-state index contributed by atoms with van der Waals surface area (Å²) in [6.45, 7) is 3.79. The van der Waals surface area contributed by atoms with E-state index in [0.29, 0.717) is 5.75 Å². The normalized spacial score (nSPS) is 12.2. The minimum atomic E-state index is -1.01. The molecule has 7 heteroatoms. The molecule has 0 aliphatic carbocycles. The van der Waals surface area contributed by atoms with Crippen LogP contribution in [0.2, 0.25) is 0 Å². The number of hydrogen-bond donors (Lipinski definition) is 2. The van der Waals surface area contributed by atoms with E-state index in [2.05, 4.69) is 10.3 Å². The van der Waals surface area contributed by atoms with Gasteiger partial charge >= 0.3 is 5.97 Å². The van der Waals surface area contributed by atoms with Gasteiger partial charge in [-0.05, 0) is 20.1 Å². The van der Waals surface area contributed by atoms with Gasteiger partial charge in [-0.1, -0.05) is 0 Å². The molecule has 0 aliphatic rings. The van der Waals surface area contributed by atoms with Gasteiger partial charge in [0.25, 0.3) is 0 Å².